The van der Waals surface area contributed by atoms with Crippen LogP contribution in [0.25, 0.3) is 0 Å². The molecule has 1 aromatic rings. The Kier molecular flexibility index (Phi) is 4.48. The van der Waals surface area contributed by atoms with Crippen LogP contribution in [0.4, 0.5) is 11.4 Å². The van der Waals surface area contributed by atoms with E-state index in [4.69, 9.17) is 0 Å². The zero-order valence-electron chi connectivity index (χ0n) is 11.8. The summed E-state index contributed by atoms with van der Waals surface area (Å²) in [4.78, 5) is 4.75. The Morgan fingerprint density at radius 1 is 1.28 bits per heavy atom. The summed E-state index contributed by atoms with van der Waals surface area (Å²) in [5.74, 6) is 0.695. The number of rotatable bonds is 2. The molecular formula is C15H25N3. The lowest BCUT2D eigenvalue weighted by atomic mass is 10.1. The van der Waals surface area contributed by atoms with E-state index in [1.807, 2.05) is 0 Å². The van der Waals surface area contributed by atoms with E-state index < -0.39 is 0 Å². The van der Waals surface area contributed by atoms with Gasteiger partial charge < -0.3 is 15.1 Å². The van der Waals surface area contributed by atoms with Gasteiger partial charge in [0.1, 0.15) is 0 Å². The van der Waals surface area contributed by atoms with Gasteiger partial charge in [0.05, 0.1) is 11.4 Å². The van der Waals surface area contributed by atoms with Gasteiger partial charge >= 0.3 is 0 Å². The lowest BCUT2D eigenvalue weighted by Crippen LogP contribution is -2.39. The van der Waals surface area contributed by atoms with Crippen molar-refractivity contribution in [3.05, 3.63) is 24.3 Å². The smallest absolute Gasteiger partial charge is 0.0604 e. The first-order valence-corrected chi connectivity index (χ1v) is 6.90. The minimum atomic E-state index is 0.695. The van der Waals surface area contributed by atoms with Crippen LogP contribution in [0.5, 0.6) is 0 Å². The highest BCUT2D eigenvalue weighted by Crippen LogP contribution is 2.28. The van der Waals surface area contributed by atoms with Gasteiger partial charge in [-0.3, -0.25) is 0 Å². The van der Waals surface area contributed by atoms with E-state index in [-0.39, 0.29) is 0 Å². The SMILES string of the molecule is CC1CNCCCN(c2ccccc2N(C)C)C1. The molecule has 100 valence electrons. The van der Waals surface area contributed by atoms with Gasteiger partial charge in [-0.15, -0.1) is 0 Å². The van der Waals surface area contributed by atoms with Crippen molar-refractivity contribution in [1.82, 2.24) is 5.32 Å². The summed E-state index contributed by atoms with van der Waals surface area (Å²) in [5.41, 5.74) is 2.69. The van der Waals surface area contributed by atoms with Gasteiger partial charge in [0.2, 0.25) is 0 Å². The number of anilines is 2. The number of hydrogen-bond acceptors (Lipinski definition) is 3. The van der Waals surface area contributed by atoms with Gasteiger partial charge in [0.15, 0.2) is 0 Å². The molecule has 0 aliphatic carbocycles. The van der Waals surface area contributed by atoms with E-state index in [1.165, 1.54) is 17.8 Å². The fourth-order valence-corrected chi connectivity index (χ4v) is 2.60. The Labute approximate surface area is 111 Å². The Balaban J connectivity index is 2.22. The molecule has 2 rings (SSSR count). The fourth-order valence-electron chi connectivity index (χ4n) is 2.60. The Morgan fingerprint density at radius 2 is 2.06 bits per heavy atom. The van der Waals surface area contributed by atoms with Gasteiger partial charge in [-0.2, -0.15) is 0 Å². The van der Waals surface area contributed by atoms with Gasteiger partial charge in [-0.05, 0) is 37.6 Å². The molecule has 0 radical (unpaired) electrons. The van der Waals surface area contributed by atoms with Crippen LogP contribution < -0.4 is 15.1 Å². The first-order valence-electron chi connectivity index (χ1n) is 6.90. The van der Waals surface area contributed by atoms with E-state index in [1.54, 1.807) is 0 Å². The first-order chi connectivity index (χ1) is 8.68. The maximum absolute atomic E-state index is 3.51. The summed E-state index contributed by atoms with van der Waals surface area (Å²) in [5, 5.41) is 3.51. The molecule has 1 fully saturated rings. The van der Waals surface area contributed by atoms with Crippen LogP contribution in [0, 0.1) is 5.92 Å². The summed E-state index contributed by atoms with van der Waals surface area (Å²) in [6.07, 6.45) is 1.22. The Morgan fingerprint density at radius 3 is 2.83 bits per heavy atom. The molecule has 1 aliphatic heterocycles. The van der Waals surface area contributed by atoms with Crippen LogP contribution in [0.1, 0.15) is 13.3 Å². The Bertz CT molecular complexity index is 376. The molecule has 0 aromatic heterocycles. The number of nitrogens with one attached hydrogen (secondary N) is 1. The van der Waals surface area contributed by atoms with Crippen molar-refractivity contribution in [3.63, 3.8) is 0 Å². The number of para-hydroxylation sites is 2. The summed E-state index contributed by atoms with van der Waals surface area (Å²) >= 11 is 0. The zero-order valence-corrected chi connectivity index (χ0v) is 11.8. The van der Waals surface area contributed by atoms with Crippen molar-refractivity contribution >= 4 is 11.4 Å². The normalized spacial score (nSPS) is 21.3. The van der Waals surface area contributed by atoms with Crippen LogP contribution in [0.3, 0.4) is 0 Å². The van der Waals surface area contributed by atoms with Crippen LogP contribution >= 0.6 is 0 Å². The molecule has 3 nitrogen and oxygen atoms in total. The van der Waals surface area contributed by atoms with Crippen molar-refractivity contribution in [1.29, 1.82) is 0 Å². The van der Waals surface area contributed by atoms with Crippen LogP contribution in [0.15, 0.2) is 24.3 Å². The first kappa shape index (κ1) is 13.2. The predicted molar refractivity (Wildman–Crippen MR) is 79.6 cm³/mol. The molecule has 0 saturated carbocycles. The van der Waals surface area contributed by atoms with Crippen LogP contribution in [-0.4, -0.2) is 40.3 Å². The second-order valence-electron chi connectivity index (χ2n) is 5.49. The third-order valence-corrected chi connectivity index (χ3v) is 3.51. The molecule has 0 bridgehead atoms. The molecule has 18 heavy (non-hydrogen) atoms. The molecule has 1 N–H and O–H groups in total. The average Bonchev–Trinajstić information content (AvgIpc) is 2.33. The topological polar surface area (TPSA) is 18.5 Å². The standard InChI is InChI=1S/C15H25N3/c1-13-11-16-9-6-10-18(12-13)15-8-5-4-7-14(15)17(2)3/h4-5,7-8,13,16H,6,9-12H2,1-3H3. The lowest BCUT2D eigenvalue weighted by molar-refractivity contribution is 0.468. The summed E-state index contributed by atoms with van der Waals surface area (Å²) in [6.45, 7) is 6.86. The molecule has 1 unspecified atom stereocenters. The van der Waals surface area contributed by atoms with Gasteiger partial charge in [-0.25, -0.2) is 0 Å². The monoisotopic (exact) mass is 247 g/mol. The largest absolute Gasteiger partial charge is 0.376 e. The van der Waals surface area contributed by atoms with E-state index >= 15 is 0 Å². The third-order valence-electron chi connectivity index (χ3n) is 3.51. The van der Waals surface area contributed by atoms with Gasteiger partial charge in [-0.1, -0.05) is 19.1 Å². The maximum atomic E-state index is 3.51. The third kappa shape index (κ3) is 3.16. The fraction of sp³-hybridized carbons (Fsp3) is 0.600. The van der Waals surface area contributed by atoms with E-state index in [9.17, 15) is 0 Å². The summed E-state index contributed by atoms with van der Waals surface area (Å²) in [6, 6.07) is 8.71. The van der Waals surface area contributed by atoms with Crippen molar-refractivity contribution in [2.24, 2.45) is 5.92 Å². The number of hydrogen-bond donors (Lipinski definition) is 1. The highest BCUT2D eigenvalue weighted by molar-refractivity contribution is 5.70. The van der Waals surface area contributed by atoms with E-state index in [0.717, 1.165) is 26.2 Å². The van der Waals surface area contributed by atoms with Gasteiger partial charge in [0, 0.05) is 27.2 Å². The van der Waals surface area contributed by atoms with Crippen LogP contribution in [-0.2, 0) is 0 Å². The molecule has 1 heterocycles. The summed E-state index contributed by atoms with van der Waals surface area (Å²) in [7, 11) is 4.24. The zero-order chi connectivity index (χ0) is 13.0. The second-order valence-corrected chi connectivity index (χ2v) is 5.49. The second kappa shape index (κ2) is 6.10. The molecule has 1 atom stereocenters. The number of benzene rings is 1. The summed E-state index contributed by atoms with van der Waals surface area (Å²) < 4.78 is 0. The number of nitrogens with zero attached hydrogens (tertiary/aromatic N) is 2. The minimum Gasteiger partial charge on any atom is -0.376 e. The molecule has 0 amide bonds. The van der Waals surface area contributed by atoms with E-state index in [0.29, 0.717) is 5.92 Å². The van der Waals surface area contributed by atoms with E-state index in [2.05, 4.69) is 60.4 Å². The van der Waals surface area contributed by atoms with Crippen molar-refractivity contribution in [2.45, 2.75) is 13.3 Å². The van der Waals surface area contributed by atoms with Crippen molar-refractivity contribution in [2.75, 3.05) is 50.1 Å². The molecule has 1 aromatic carbocycles. The minimum absolute atomic E-state index is 0.695. The molecule has 1 saturated heterocycles. The predicted octanol–water partition coefficient (Wildman–Crippen LogP) is 2.19. The highest BCUT2D eigenvalue weighted by Gasteiger charge is 2.16. The maximum Gasteiger partial charge on any atom is 0.0604 e. The highest BCUT2D eigenvalue weighted by atomic mass is 15.2. The average molecular weight is 247 g/mol. The van der Waals surface area contributed by atoms with Crippen molar-refractivity contribution < 1.29 is 0 Å². The quantitative estimate of drug-likeness (QED) is 0.864. The molecular weight excluding hydrogens is 222 g/mol. The molecule has 3 heteroatoms. The van der Waals surface area contributed by atoms with Crippen molar-refractivity contribution in [3.8, 4) is 0 Å². The molecule has 1 aliphatic rings. The van der Waals surface area contributed by atoms with Gasteiger partial charge in [0.25, 0.3) is 0 Å². The molecule has 0 spiro atoms. The lowest BCUT2D eigenvalue weighted by Gasteiger charge is -2.33. The van der Waals surface area contributed by atoms with Crippen LogP contribution in [0.2, 0.25) is 0 Å². The Hall–Kier alpha value is -1.22.